The average molecular weight is 389 g/mol. The number of fused-ring (bicyclic) bond motifs is 1. The van der Waals surface area contributed by atoms with Gasteiger partial charge < -0.3 is 5.11 Å². The second-order valence-corrected chi connectivity index (χ2v) is 10.7. The number of rotatable bonds is 5. The SMILES string of the molecule is CC(C)(C)CC(c1ccc(C(O)Cc2cccc3ccccc23)cc1)C(C)(C)C. The van der Waals surface area contributed by atoms with E-state index in [1.807, 2.05) is 0 Å². The first-order valence-electron chi connectivity index (χ1n) is 10.8. The Hall–Kier alpha value is -2.12. The van der Waals surface area contributed by atoms with Gasteiger partial charge >= 0.3 is 0 Å². The summed E-state index contributed by atoms with van der Waals surface area (Å²) in [6, 6.07) is 23.4. The van der Waals surface area contributed by atoms with Crippen LogP contribution >= 0.6 is 0 Å². The van der Waals surface area contributed by atoms with Gasteiger partial charge in [-0.15, -0.1) is 0 Å². The molecule has 0 saturated carbocycles. The molecule has 2 atom stereocenters. The maximum atomic E-state index is 10.9. The van der Waals surface area contributed by atoms with Crippen molar-refractivity contribution in [2.45, 2.75) is 66.4 Å². The van der Waals surface area contributed by atoms with Gasteiger partial charge in [0.2, 0.25) is 0 Å². The van der Waals surface area contributed by atoms with Crippen LogP contribution in [0.25, 0.3) is 10.8 Å². The highest BCUT2D eigenvalue weighted by Crippen LogP contribution is 2.43. The van der Waals surface area contributed by atoms with Crippen molar-refractivity contribution in [3.8, 4) is 0 Å². The Morgan fingerprint density at radius 2 is 1.31 bits per heavy atom. The Balaban J connectivity index is 1.81. The summed E-state index contributed by atoms with van der Waals surface area (Å²) in [7, 11) is 0. The van der Waals surface area contributed by atoms with E-state index in [0.717, 1.165) is 12.0 Å². The molecule has 0 fully saturated rings. The summed E-state index contributed by atoms with van der Waals surface area (Å²) < 4.78 is 0. The molecule has 2 unspecified atom stereocenters. The number of hydrogen-bond donors (Lipinski definition) is 1. The second kappa shape index (κ2) is 8.32. The highest BCUT2D eigenvalue weighted by molar-refractivity contribution is 5.85. The third-order valence-corrected chi connectivity index (χ3v) is 5.88. The summed E-state index contributed by atoms with van der Waals surface area (Å²) in [6.45, 7) is 13.9. The van der Waals surface area contributed by atoms with E-state index in [4.69, 9.17) is 0 Å². The molecule has 0 amide bonds. The van der Waals surface area contributed by atoms with Crippen LogP contribution in [0.5, 0.6) is 0 Å². The summed E-state index contributed by atoms with van der Waals surface area (Å²) in [5, 5.41) is 13.4. The first kappa shape index (κ1) is 21.6. The van der Waals surface area contributed by atoms with Gasteiger partial charge in [-0.2, -0.15) is 0 Å². The Kier molecular flexibility index (Phi) is 6.19. The maximum absolute atomic E-state index is 10.9. The van der Waals surface area contributed by atoms with Crippen LogP contribution in [0.4, 0.5) is 0 Å². The lowest BCUT2D eigenvalue weighted by Crippen LogP contribution is -2.23. The van der Waals surface area contributed by atoms with Gasteiger partial charge in [-0.05, 0) is 50.6 Å². The lowest BCUT2D eigenvalue weighted by Gasteiger charge is -2.36. The number of hydrogen-bond acceptors (Lipinski definition) is 1. The number of aliphatic hydroxyl groups is 1. The van der Waals surface area contributed by atoms with E-state index < -0.39 is 6.10 Å². The third-order valence-electron chi connectivity index (χ3n) is 5.88. The number of benzene rings is 3. The molecule has 1 N–H and O–H groups in total. The Labute approximate surface area is 176 Å². The summed E-state index contributed by atoms with van der Waals surface area (Å²) in [5.74, 6) is 0.492. The average Bonchev–Trinajstić information content (AvgIpc) is 2.65. The van der Waals surface area contributed by atoms with E-state index in [2.05, 4.69) is 108 Å². The molecule has 0 bridgehead atoms. The first-order valence-corrected chi connectivity index (χ1v) is 10.8. The Bertz CT molecular complexity index is 933. The fraction of sp³-hybridized carbons (Fsp3) is 0.429. The van der Waals surface area contributed by atoms with E-state index in [0.29, 0.717) is 12.3 Å². The topological polar surface area (TPSA) is 20.2 Å². The normalized spacial score (nSPS) is 14.7. The van der Waals surface area contributed by atoms with Crippen molar-refractivity contribution in [3.63, 3.8) is 0 Å². The van der Waals surface area contributed by atoms with Crippen molar-refractivity contribution in [2.75, 3.05) is 0 Å². The van der Waals surface area contributed by atoms with Gasteiger partial charge in [0.25, 0.3) is 0 Å². The van der Waals surface area contributed by atoms with E-state index >= 15 is 0 Å². The summed E-state index contributed by atoms with van der Waals surface area (Å²) >= 11 is 0. The lowest BCUT2D eigenvalue weighted by atomic mass is 9.69. The molecule has 0 aliphatic rings. The van der Waals surface area contributed by atoms with Gasteiger partial charge in [0.15, 0.2) is 0 Å². The zero-order valence-electron chi connectivity index (χ0n) is 18.9. The highest BCUT2D eigenvalue weighted by atomic mass is 16.3. The molecule has 154 valence electrons. The fourth-order valence-corrected chi connectivity index (χ4v) is 4.28. The predicted octanol–water partition coefficient (Wildman–Crippen LogP) is 7.68. The summed E-state index contributed by atoms with van der Waals surface area (Å²) in [6.07, 6.45) is 1.28. The van der Waals surface area contributed by atoms with Crippen molar-refractivity contribution in [1.82, 2.24) is 0 Å². The molecule has 29 heavy (non-hydrogen) atoms. The summed E-state index contributed by atoms with van der Waals surface area (Å²) in [5.41, 5.74) is 4.04. The predicted molar refractivity (Wildman–Crippen MR) is 125 cm³/mol. The van der Waals surface area contributed by atoms with E-state index in [1.54, 1.807) is 0 Å². The van der Waals surface area contributed by atoms with Crippen molar-refractivity contribution >= 4 is 10.8 Å². The van der Waals surface area contributed by atoms with E-state index in [1.165, 1.54) is 21.9 Å². The van der Waals surface area contributed by atoms with Crippen LogP contribution in [-0.2, 0) is 6.42 Å². The zero-order valence-corrected chi connectivity index (χ0v) is 18.9. The monoisotopic (exact) mass is 388 g/mol. The van der Waals surface area contributed by atoms with Gasteiger partial charge in [-0.1, -0.05) is 108 Å². The molecule has 0 radical (unpaired) electrons. The zero-order chi connectivity index (χ0) is 21.2. The minimum Gasteiger partial charge on any atom is -0.388 e. The minimum absolute atomic E-state index is 0.205. The van der Waals surface area contributed by atoms with Crippen LogP contribution < -0.4 is 0 Å². The van der Waals surface area contributed by atoms with Crippen LogP contribution in [-0.4, -0.2) is 5.11 Å². The van der Waals surface area contributed by atoms with Crippen LogP contribution in [0.1, 0.15) is 76.7 Å². The third kappa shape index (κ3) is 5.48. The molecule has 0 aliphatic carbocycles. The van der Waals surface area contributed by atoms with E-state index in [-0.39, 0.29) is 10.8 Å². The highest BCUT2D eigenvalue weighted by Gasteiger charge is 2.30. The van der Waals surface area contributed by atoms with Gasteiger partial charge in [-0.25, -0.2) is 0 Å². The fourth-order valence-electron chi connectivity index (χ4n) is 4.28. The smallest absolute Gasteiger partial charge is 0.0830 e. The lowest BCUT2D eigenvalue weighted by molar-refractivity contribution is 0.178. The molecular weight excluding hydrogens is 352 g/mol. The molecule has 0 aliphatic heterocycles. The minimum atomic E-state index is -0.495. The first-order chi connectivity index (χ1) is 13.5. The van der Waals surface area contributed by atoms with Crippen molar-refractivity contribution in [1.29, 1.82) is 0 Å². The quantitative estimate of drug-likeness (QED) is 0.475. The molecule has 3 aromatic carbocycles. The molecule has 0 spiro atoms. The molecule has 1 heteroatoms. The van der Waals surface area contributed by atoms with Crippen molar-refractivity contribution < 1.29 is 5.11 Å². The van der Waals surface area contributed by atoms with Gasteiger partial charge in [0.1, 0.15) is 0 Å². The van der Waals surface area contributed by atoms with E-state index in [9.17, 15) is 5.11 Å². The standard InChI is InChI=1S/C28H36O/c1-27(2,3)19-25(28(4,5)6)21-14-16-22(17-15-21)26(29)18-23-12-9-11-20-10-7-8-13-24(20)23/h7-17,25-26,29H,18-19H2,1-6H3. The van der Waals surface area contributed by atoms with Crippen LogP contribution in [0, 0.1) is 10.8 Å². The van der Waals surface area contributed by atoms with Gasteiger partial charge in [-0.3, -0.25) is 0 Å². The van der Waals surface area contributed by atoms with Crippen LogP contribution in [0.15, 0.2) is 66.7 Å². The maximum Gasteiger partial charge on any atom is 0.0830 e. The largest absolute Gasteiger partial charge is 0.388 e. The molecule has 0 heterocycles. The molecule has 0 saturated heterocycles. The number of aliphatic hydroxyl groups excluding tert-OH is 1. The molecular formula is C28H36O. The molecule has 3 aromatic rings. The summed E-state index contributed by atoms with van der Waals surface area (Å²) in [4.78, 5) is 0. The van der Waals surface area contributed by atoms with Gasteiger partial charge in [0.05, 0.1) is 6.10 Å². The molecule has 1 nitrogen and oxygen atoms in total. The Morgan fingerprint density at radius 3 is 1.93 bits per heavy atom. The van der Waals surface area contributed by atoms with Crippen molar-refractivity contribution in [2.24, 2.45) is 10.8 Å². The molecule has 3 rings (SSSR count). The second-order valence-electron chi connectivity index (χ2n) is 10.7. The van der Waals surface area contributed by atoms with Crippen LogP contribution in [0.2, 0.25) is 0 Å². The Morgan fingerprint density at radius 1 is 0.724 bits per heavy atom. The van der Waals surface area contributed by atoms with Crippen LogP contribution in [0.3, 0.4) is 0 Å². The molecule has 0 aromatic heterocycles. The van der Waals surface area contributed by atoms with Crippen molar-refractivity contribution in [3.05, 3.63) is 83.4 Å². The van der Waals surface area contributed by atoms with Gasteiger partial charge in [0, 0.05) is 6.42 Å².